The number of aliphatic hydroxyl groups excluding tert-OH is 1. The molecule has 2 rings (SSSR count). The molecule has 2 aliphatic carbocycles. The molecule has 118 valence electrons. The van der Waals surface area contributed by atoms with Gasteiger partial charge in [0.05, 0.1) is 12.2 Å². The van der Waals surface area contributed by atoms with Crippen LogP contribution in [0.2, 0.25) is 0 Å². The van der Waals surface area contributed by atoms with Crippen molar-refractivity contribution in [3.8, 4) is 0 Å². The fourth-order valence-electron chi connectivity index (χ4n) is 4.26. The van der Waals surface area contributed by atoms with E-state index in [-0.39, 0.29) is 6.10 Å². The Labute approximate surface area is 124 Å². The normalized spacial score (nSPS) is 30.4. The first-order valence-electron chi connectivity index (χ1n) is 8.61. The molecule has 0 aromatic rings. The summed E-state index contributed by atoms with van der Waals surface area (Å²) in [6.45, 7) is 8.00. The number of hydrogen-bond donors (Lipinski definition) is 2. The molecule has 0 amide bonds. The van der Waals surface area contributed by atoms with Crippen molar-refractivity contribution >= 4 is 0 Å². The predicted molar refractivity (Wildman–Crippen MR) is 82.8 cm³/mol. The highest BCUT2D eigenvalue weighted by Gasteiger charge is 2.55. The van der Waals surface area contributed by atoms with Gasteiger partial charge in [0, 0.05) is 24.6 Å². The van der Waals surface area contributed by atoms with Gasteiger partial charge in [-0.3, -0.25) is 0 Å². The molecule has 0 bridgehead atoms. The first kappa shape index (κ1) is 16.3. The molecular weight excluding hydrogens is 250 g/mol. The molecule has 0 heterocycles. The van der Waals surface area contributed by atoms with E-state index in [1.165, 1.54) is 32.1 Å². The van der Waals surface area contributed by atoms with E-state index >= 15 is 0 Å². The van der Waals surface area contributed by atoms with Gasteiger partial charge in [-0.25, -0.2) is 0 Å². The topological polar surface area (TPSA) is 41.5 Å². The maximum Gasteiger partial charge on any atom is 0.0667 e. The van der Waals surface area contributed by atoms with Gasteiger partial charge < -0.3 is 15.2 Å². The van der Waals surface area contributed by atoms with Gasteiger partial charge in [-0.2, -0.15) is 0 Å². The molecule has 0 saturated heterocycles. The van der Waals surface area contributed by atoms with Crippen LogP contribution in [0.1, 0.15) is 65.7 Å². The van der Waals surface area contributed by atoms with E-state index in [4.69, 9.17) is 4.74 Å². The molecule has 3 nitrogen and oxygen atoms in total. The van der Waals surface area contributed by atoms with Gasteiger partial charge in [-0.05, 0) is 38.5 Å². The fraction of sp³-hybridized carbons (Fsp3) is 1.00. The third-order valence-electron chi connectivity index (χ3n) is 5.28. The van der Waals surface area contributed by atoms with Crippen molar-refractivity contribution in [2.24, 2.45) is 11.3 Å². The molecule has 2 saturated carbocycles. The Kier molecular flexibility index (Phi) is 5.88. The van der Waals surface area contributed by atoms with E-state index in [0.29, 0.717) is 23.5 Å². The van der Waals surface area contributed by atoms with Gasteiger partial charge in [0.25, 0.3) is 0 Å². The Morgan fingerprint density at radius 3 is 2.55 bits per heavy atom. The van der Waals surface area contributed by atoms with E-state index in [1.54, 1.807) is 0 Å². The highest BCUT2D eigenvalue weighted by Crippen LogP contribution is 2.53. The summed E-state index contributed by atoms with van der Waals surface area (Å²) < 4.78 is 5.97. The van der Waals surface area contributed by atoms with Gasteiger partial charge in [-0.15, -0.1) is 0 Å². The maximum atomic E-state index is 10.1. The maximum absolute atomic E-state index is 10.1. The van der Waals surface area contributed by atoms with Gasteiger partial charge in [0.2, 0.25) is 0 Å². The van der Waals surface area contributed by atoms with Crippen molar-refractivity contribution in [2.75, 3.05) is 13.2 Å². The Morgan fingerprint density at radius 2 is 1.95 bits per heavy atom. The summed E-state index contributed by atoms with van der Waals surface area (Å²) in [5, 5.41) is 13.7. The van der Waals surface area contributed by atoms with E-state index in [1.807, 2.05) is 0 Å². The Hall–Kier alpha value is -0.120. The second-order valence-corrected chi connectivity index (χ2v) is 7.22. The Balaban J connectivity index is 1.85. The molecule has 2 fully saturated rings. The SMILES string of the molecule is CCOC1CC(NCC(O)CC(C)C)C12CCCCC2. The summed E-state index contributed by atoms with van der Waals surface area (Å²) in [5.41, 5.74) is 0.367. The predicted octanol–water partition coefficient (Wildman–Crippen LogP) is 3.11. The molecule has 2 aliphatic rings. The van der Waals surface area contributed by atoms with E-state index in [9.17, 15) is 5.11 Å². The summed E-state index contributed by atoms with van der Waals surface area (Å²) in [5.74, 6) is 0.563. The summed E-state index contributed by atoms with van der Waals surface area (Å²) in [7, 11) is 0. The minimum Gasteiger partial charge on any atom is -0.392 e. The highest BCUT2D eigenvalue weighted by molar-refractivity contribution is 5.09. The molecular formula is C17H33NO2. The minimum absolute atomic E-state index is 0.207. The zero-order valence-electron chi connectivity index (χ0n) is 13.5. The number of aliphatic hydroxyl groups is 1. The largest absolute Gasteiger partial charge is 0.392 e. The molecule has 3 atom stereocenters. The molecule has 0 aromatic heterocycles. The van der Waals surface area contributed by atoms with Crippen LogP contribution in [0.15, 0.2) is 0 Å². The zero-order valence-corrected chi connectivity index (χ0v) is 13.5. The lowest BCUT2D eigenvalue weighted by Crippen LogP contribution is -2.65. The quantitative estimate of drug-likeness (QED) is 0.754. The van der Waals surface area contributed by atoms with Crippen molar-refractivity contribution in [1.29, 1.82) is 0 Å². The standard InChI is InChI=1S/C17H33NO2/c1-4-20-16-11-15(17(16)8-6-5-7-9-17)18-12-14(19)10-13(2)3/h13-16,18-19H,4-12H2,1-3H3. The number of nitrogens with one attached hydrogen (secondary N) is 1. The van der Waals surface area contributed by atoms with Crippen LogP contribution in [-0.4, -0.2) is 36.5 Å². The van der Waals surface area contributed by atoms with Gasteiger partial charge in [-0.1, -0.05) is 33.1 Å². The Bertz CT molecular complexity index is 287. The van der Waals surface area contributed by atoms with Crippen LogP contribution >= 0.6 is 0 Å². The molecule has 1 spiro atoms. The smallest absolute Gasteiger partial charge is 0.0667 e. The lowest BCUT2D eigenvalue weighted by molar-refractivity contribution is -0.151. The van der Waals surface area contributed by atoms with Crippen molar-refractivity contribution in [2.45, 2.75) is 84.0 Å². The third kappa shape index (κ3) is 3.55. The molecule has 0 aromatic carbocycles. The first-order chi connectivity index (χ1) is 9.58. The molecule has 3 unspecified atom stereocenters. The van der Waals surface area contributed by atoms with E-state index < -0.39 is 0 Å². The summed E-state index contributed by atoms with van der Waals surface area (Å²) >= 11 is 0. The van der Waals surface area contributed by atoms with Crippen molar-refractivity contribution in [3.05, 3.63) is 0 Å². The van der Waals surface area contributed by atoms with Crippen LogP contribution in [0.3, 0.4) is 0 Å². The minimum atomic E-state index is -0.207. The average molecular weight is 283 g/mol. The molecule has 2 N–H and O–H groups in total. The fourth-order valence-corrected chi connectivity index (χ4v) is 4.26. The van der Waals surface area contributed by atoms with E-state index in [2.05, 4.69) is 26.1 Å². The molecule has 3 heteroatoms. The first-order valence-corrected chi connectivity index (χ1v) is 8.61. The zero-order chi connectivity index (χ0) is 14.6. The van der Waals surface area contributed by atoms with Crippen LogP contribution in [0, 0.1) is 11.3 Å². The van der Waals surface area contributed by atoms with Gasteiger partial charge in [0.15, 0.2) is 0 Å². The highest BCUT2D eigenvalue weighted by atomic mass is 16.5. The second kappa shape index (κ2) is 7.24. The van der Waals surface area contributed by atoms with Crippen LogP contribution in [-0.2, 0) is 4.74 Å². The van der Waals surface area contributed by atoms with Crippen LogP contribution in [0.25, 0.3) is 0 Å². The number of hydrogen-bond acceptors (Lipinski definition) is 3. The number of ether oxygens (including phenoxy) is 1. The number of rotatable bonds is 7. The second-order valence-electron chi connectivity index (χ2n) is 7.22. The lowest BCUT2D eigenvalue weighted by Gasteiger charge is -2.58. The summed E-state index contributed by atoms with van der Waals surface area (Å²) in [6.07, 6.45) is 8.93. The average Bonchev–Trinajstić information content (AvgIpc) is 2.42. The third-order valence-corrected chi connectivity index (χ3v) is 5.28. The van der Waals surface area contributed by atoms with Gasteiger partial charge >= 0.3 is 0 Å². The summed E-state index contributed by atoms with van der Waals surface area (Å²) in [4.78, 5) is 0. The van der Waals surface area contributed by atoms with Gasteiger partial charge in [0.1, 0.15) is 0 Å². The van der Waals surface area contributed by atoms with Crippen molar-refractivity contribution in [1.82, 2.24) is 5.32 Å². The molecule has 0 radical (unpaired) electrons. The molecule has 20 heavy (non-hydrogen) atoms. The summed E-state index contributed by atoms with van der Waals surface area (Å²) in [6, 6.07) is 0.557. The molecule has 0 aliphatic heterocycles. The Morgan fingerprint density at radius 1 is 1.25 bits per heavy atom. The monoisotopic (exact) mass is 283 g/mol. The van der Waals surface area contributed by atoms with E-state index in [0.717, 1.165) is 26.0 Å². The van der Waals surface area contributed by atoms with Crippen molar-refractivity contribution in [3.63, 3.8) is 0 Å². The van der Waals surface area contributed by atoms with Crippen LogP contribution in [0.5, 0.6) is 0 Å². The van der Waals surface area contributed by atoms with Crippen molar-refractivity contribution < 1.29 is 9.84 Å². The van der Waals surface area contributed by atoms with Crippen LogP contribution in [0.4, 0.5) is 0 Å². The lowest BCUT2D eigenvalue weighted by atomic mass is 9.55. The van der Waals surface area contributed by atoms with Crippen LogP contribution < -0.4 is 5.32 Å².